The average molecular weight is 352 g/mol. The number of hydrogen-bond acceptors (Lipinski definition) is 4. The summed E-state index contributed by atoms with van der Waals surface area (Å²) in [6.45, 7) is 7.03. The van der Waals surface area contributed by atoms with Crippen LogP contribution in [0.25, 0.3) is 0 Å². The molecule has 0 aliphatic carbocycles. The number of anilines is 1. The van der Waals surface area contributed by atoms with Gasteiger partial charge in [0.15, 0.2) is 5.16 Å². The van der Waals surface area contributed by atoms with Crippen LogP contribution in [0.2, 0.25) is 0 Å². The van der Waals surface area contributed by atoms with E-state index in [1.807, 2.05) is 26.0 Å². The molecule has 2 rings (SSSR count). The van der Waals surface area contributed by atoms with E-state index in [2.05, 4.69) is 50.3 Å². The summed E-state index contributed by atoms with van der Waals surface area (Å²) in [6, 6.07) is 8.19. The molecule has 0 saturated heterocycles. The molecule has 5 heteroatoms. The van der Waals surface area contributed by atoms with Crippen LogP contribution in [0.4, 0.5) is 5.69 Å². The molecule has 20 heavy (non-hydrogen) atoms. The summed E-state index contributed by atoms with van der Waals surface area (Å²) >= 11 is 5.11. The Bertz CT molecular complexity index is 561. The Kier molecular flexibility index (Phi) is 5.43. The second-order valence-corrected chi connectivity index (χ2v) is 6.56. The highest BCUT2D eigenvalue weighted by atomic mass is 79.9. The lowest BCUT2D eigenvalue weighted by atomic mass is 10.2. The molecule has 0 amide bonds. The van der Waals surface area contributed by atoms with E-state index in [1.54, 1.807) is 11.8 Å². The van der Waals surface area contributed by atoms with Gasteiger partial charge in [0.2, 0.25) is 0 Å². The van der Waals surface area contributed by atoms with Crippen molar-refractivity contribution in [2.24, 2.45) is 0 Å². The van der Waals surface area contributed by atoms with E-state index in [0.29, 0.717) is 0 Å². The van der Waals surface area contributed by atoms with Gasteiger partial charge in [-0.25, -0.2) is 9.97 Å². The molecule has 0 bridgehead atoms. The normalized spacial score (nSPS) is 10.6. The fourth-order valence-corrected chi connectivity index (χ4v) is 2.77. The van der Waals surface area contributed by atoms with Gasteiger partial charge in [0, 0.05) is 33.8 Å². The van der Waals surface area contributed by atoms with Crippen LogP contribution < -0.4 is 5.32 Å². The van der Waals surface area contributed by atoms with E-state index in [0.717, 1.165) is 39.0 Å². The van der Waals surface area contributed by atoms with Crippen molar-refractivity contribution >= 4 is 33.4 Å². The lowest BCUT2D eigenvalue weighted by Gasteiger charge is -2.08. The number of nitrogens with one attached hydrogen (secondary N) is 1. The minimum absolute atomic E-state index is 0.864. The predicted octanol–water partition coefficient (Wildman–Crippen LogP) is 4.37. The van der Waals surface area contributed by atoms with Crippen LogP contribution in [0, 0.1) is 20.8 Å². The summed E-state index contributed by atoms with van der Waals surface area (Å²) in [5.41, 5.74) is 4.45. The molecule has 106 valence electrons. The smallest absolute Gasteiger partial charge is 0.188 e. The molecule has 1 aromatic heterocycles. The molecule has 0 saturated carbocycles. The van der Waals surface area contributed by atoms with Gasteiger partial charge < -0.3 is 5.32 Å². The minimum atomic E-state index is 0.864. The fourth-order valence-electron chi connectivity index (χ4n) is 1.71. The summed E-state index contributed by atoms with van der Waals surface area (Å²) < 4.78 is 1.09. The zero-order chi connectivity index (χ0) is 14.5. The summed E-state index contributed by atoms with van der Waals surface area (Å²) in [5, 5.41) is 4.25. The van der Waals surface area contributed by atoms with E-state index >= 15 is 0 Å². The number of aromatic nitrogens is 2. The molecule has 0 unspecified atom stereocenters. The van der Waals surface area contributed by atoms with Crippen molar-refractivity contribution in [3.63, 3.8) is 0 Å². The lowest BCUT2D eigenvalue weighted by molar-refractivity contribution is 0.880. The molecule has 1 aromatic carbocycles. The molecular formula is C15H18BrN3S. The maximum Gasteiger partial charge on any atom is 0.188 e. The highest BCUT2D eigenvalue weighted by molar-refractivity contribution is 9.10. The van der Waals surface area contributed by atoms with Gasteiger partial charge in [-0.2, -0.15) is 0 Å². The average Bonchev–Trinajstić information content (AvgIpc) is 2.43. The minimum Gasteiger partial charge on any atom is -0.384 e. The summed E-state index contributed by atoms with van der Waals surface area (Å²) in [5.74, 6) is 0.942. The number of benzene rings is 1. The van der Waals surface area contributed by atoms with Crippen molar-refractivity contribution < 1.29 is 0 Å². The first-order valence-corrected chi connectivity index (χ1v) is 8.28. The highest BCUT2D eigenvalue weighted by Crippen LogP contribution is 2.18. The van der Waals surface area contributed by atoms with E-state index in [-0.39, 0.29) is 0 Å². The van der Waals surface area contributed by atoms with Crippen LogP contribution in [0.3, 0.4) is 0 Å². The largest absolute Gasteiger partial charge is 0.384 e. The van der Waals surface area contributed by atoms with Crippen molar-refractivity contribution in [3.8, 4) is 0 Å². The van der Waals surface area contributed by atoms with E-state index in [9.17, 15) is 0 Å². The monoisotopic (exact) mass is 351 g/mol. The Morgan fingerprint density at radius 3 is 2.25 bits per heavy atom. The van der Waals surface area contributed by atoms with Gasteiger partial charge in [-0.05, 0) is 50.6 Å². The van der Waals surface area contributed by atoms with Crippen LogP contribution in [0.1, 0.15) is 17.0 Å². The maximum absolute atomic E-state index is 4.51. The Balaban J connectivity index is 1.83. The third-order valence-electron chi connectivity index (χ3n) is 3.12. The van der Waals surface area contributed by atoms with Gasteiger partial charge in [0.25, 0.3) is 0 Å². The molecule has 0 aliphatic rings. The van der Waals surface area contributed by atoms with Gasteiger partial charge in [0.05, 0.1) is 0 Å². The molecule has 0 spiro atoms. The lowest BCUT2D eigenvalue weighted by Crippen LogP contribution is -2.05. The Labute approximate surface area is 132 Å². The molecule has 1 N–H and O–H groups in total. The summed E-state index contributed by atoms with van der Waals surface area (Å²) in [7, 11) is 0. The Morgan fingerprint density at radius 1 is 1.05 bits per heavy atom. The standard InChI is InChI=1S/C15H18BrN3S/c1-10-11(2)18-15(19-12(10)3)20-9-8-17-14-6-4-13(16)5-7-14/h4-7,17H,8-9H2,1-3H3. The SMILES string of the molecule is Cc1nc(SCCNc2ccc(Br)cc2)nc(C)c1C. The molecule has 0 aliphatic heterocycles. The number of hydrogen-bond donors (Lipinski definition) is 1. The van der Waals surface area contributed by atoms with Crippen molar-refractivity contribution in [2.45, 2.75) is 25.9 Å². The molecule has 2 aromatic rings. The predicted molar refractivity (Wildman–Crippen MR) is 89.6 cm³/mol. The first kappa shape index (κ1) is 15.3. The first-order valence-electron chi connectivity index (χ1n) is 6.50. The first-order chi connectivity index (χ1) is 9.56. The number of halogens is 1. The van der Waals surface area contributed by atoms with Gasteiger partial charge >= 0.3 is 0 Å². The quantitative estimate of drug-likeness (QED) is 0.493. The van der Waals surface area contributed by atoms with Gasteiger partial charge in [-0.1, -0.05) is 27.7 Å². The van der Waals surface area contributed by atoms with Crippen molar-refractivity contribution in [1.29, 1.82) is 0 Å². The summed E-state index contributed by atoms with van der Waals surface area (Å²) in [4.78, 5) is 9.02. The van der Waals surface area contributed by atoms with Gasteiger partial charge in [-0.3, -0.25) is 0 Å². The van der Waals surface area contributed by atoms with Crippen molar-refractivity contribution in [2.75, 3.05) is 17.6 Å². The number of rotatable bonds is 5. The van der Waals surface area contributed by atoms with E-state index in [4.69, 9.17) is 0 Å². The summed E-state index contributed by atoms with van der Waals surface area (Å²) in [6.07, 6.45) is 0. The number of aryl methyl sites for hydroxylation is 2. The third kappa shape index (κ3) is 4.21. The van der Waals surface area contributed by atoms with Crippen LogP contribution in [0.5, 0.6) is 0 Å². The zero-order valence-electron chi connectivity index (χ0n) is 11.9. The topological polar surface area (TPSA) is 37.8 Å². The van der Waals surface area contributed by atoms with Crippen LogP contribution in [-0.4, -0.2) is 22.3 Å². The maximum atomic E-state index is 4.51. The fraction of sp³-hybridized carbons (Fsp3) is 0.333. The zero-order valence-corrected chi connectivity index (χ0v) is 14.3. The molecule has 0 fully saturated rings. The van der Waals surface area contributed by atoms with Crippen LogP contribution in [-0.2, 0) is 0 Å². The second kappa shape index (κ2) is 7.09. The molecular weight excluding hydrogens is 334 g/mol. The number of nitrogens with zero attached hydrogens (tertiary/aromatic N) is 2. The molecule has 3 nitrogen and oxygen atoms in total. The van der Waals surface area contributed by atoms with Gasteiger partial charge in [0.1, 0.15) is 0 Å². The number of thioether (sulfide) groups is 1. The van der Waals surface area contributed by atoms with Crippen molar-refractivity contribution in [1.82, 2.24) is 9.97 Å². The van der Waals surface area contributed by atoms with Crippen molar-refractivity contribution in [3.05, 3.63) is 45.7 Å². The molecule has 0 atom stereocenters. The Morgan fingerprint density at radius 2 is 1.65 bits per heavy atom. The van der Waals surface area contributed by atoms with Crippen LogP contribution >= 0.6 is 27.7 Å². The Hall–Kier alpha value is -1.07. The third-order valence-corrected chi connectivity index (χ3v) is 4.50. The molecule has 0 radical (unpaired) electrons. The second-order valence-electron chi connectivity index (χ2n) is 4.58. The highest BCUT2D eigenvalue weighted by Gasteiger charge is 2.04. The molecule has 1 heterocycles. The van der Waals surface area contributed by atoms with Gasteiger partial charge in [-0.15, -0.1) is 0 Å². The van der Waals surface area contributed by atoms with E-state index < -0.39 is 0 Å². The van der Waals surface area contributed by atoms with Crippen LogP contribution in [0.15, 0.2) is 33.9 Å². The van der Waals surface area contributed by atoms with E-state index in [1.165, 1.54) is 5.56 Å².